The van der Waals surface area contributed by atoms with Crippen LogP contribution in [0, 0.1) is 0 Å². The average Bonchev–Trinajstić information content (AvgIpc) is 2.38. The number of aliphatic hydroxyl groups is 5. The maximum atomic E-state index is 9.12. The normalized spacial score (nSPS) is 23.8. The second kappa shape index (κ2) is 28.9. The molecule has 28 heavy (non-hydrogen) atoms. The summed E-state index contributed by atoms with van der Waals surface area (Å²) in [5.74, 6) is -3.25. The summed E-state index contributed by atoms with van der Waals surface area (Å²) in [6.07, 6.45) is -7.04. The summed E-state index contributed by atoms with van der Waals surface area (Å²) in [7, 11) is 0. The van der Waals surface area contributed by atoms with Crippen molar-refractivity contribution in [3.63, 3.8) is 0 Å². The molecule has 1 saturated heterocycles. The molecule has 5 atom stereocenters. The molecule has 0 aromatic rings. The van der Waals surface area contributed by atoms with E-state index in [2.05, 4.69) is 4.74 Å². The number of aliphatic carboxylic acids is 3. The quantitative estimate of drug-likeness (QED) is 0.221. The molecule has 0 amide bonds. The number of ether oxygens (including phenoxy) is 1. The standard InChI is InChI=1S/C6H12O6.3C2H4O2.ClH.K.Mg.Na/c7-1-2-3(8)4(9)5(10)6(11)12-2;3*1-2(3)4;;;;/h2-11H,1H2;3*1H3,(H,3,4);1H;;;/q;;;;;+1;+2;+1/p-4/t2-,3-,4+,5-,6?;;;;;;;/m1......./s1. The maximum Gasteiger partial charge on any atom is 2.00 e. The molecule has 0 bridgehead atoms. The number of hydrogen-bond acceptors (Lipinski definition) is 12. The third kappa shape index (κ3) is 35.3. The maximum absolute atomic E-state index is 9.12. The number of rotatable bonds is 1. The Labute approximate surface area is 248 Å². The van der Waals surface area contributed by atoms with E-state index in [1.54, 1.807) is 0 Å². The van der Waals surface area contributed by atoms with Crippen molar-refractivity contribution in [1.82, 2.24) is 0 Å². The van der Waals surface area contributed by atoms with Gasteiger partial charge in [0.2, 0.25) is 0 Å². The van der Waals surface area contributed by atoms with Crippen LogP contribution in [0.1, 0.15) is 20.8 Å². The first-order valence-electron chi connectivity index (χ1n) is 6.29. The van der Waals surface area contributed by atoms with E-state index in [-0.39, 0.29) is 116 Å². The summed E-state index contributed by atoms with van der Waals surface area (Å²) < 4.78 is 4.58. The van der Waals surface area contributed by atoms with E-state index in [0.29, 0.717) is 0 Å². The minimum atomic E-state index is -1.57. The Morgan fingerprint density at radius 2 is 1.07 bits per heavy atom. The van der Waals surface area contributed by atoms with Gasteiger partial charge in [0, 0.05) is 17.9 Å². The number of carboxylic acids is 3. The van der Waals surface area contributed by atoms with E-state index in [1.165, 1.54) is 0 Å². The monoisotopic (exact) mass is 478 g/mol. The Hall–Kier alpha value is 1.86. The second-order valence-electron chi connectivity index (χ2n) is 4.19. The first-order chi connectivity index (χ1) is 10.8. The van der Waals surface area contributed by atoms with Crippen molar-refractivity contribution in [1.29, 1.82) is 0 Å². The van der Waals surface area contributed by atoms with E-state index < -0.39 is 55.2 Å². The van der Waals surface area contributed by atoms with Crippen LogP contribution in [0.2, 0.25) is 0 Å². The Bertz CT molecular complexity index is 350. The third-order valence-electron chi connectivity index (χ3n) is 1.87. The topological polar surface area (TPSA) is 231 Å². The van der Waals surface area contributed by atoms with E-state index >= 15 is 0 Å². The molecule has 1 aliphatic rings. The van der Waals surface area contributed by atoms with Crippen LogP contribution in [0.3, 0.4) is 0 Å². The summed E-state index contributed by atoms with van der Waals surface area (Å²) in [6, 6.07) is 0. The van der Waals surface area contributed by atoms with Crippen molar-refractivity contribution in [3.8, 4) is 0 Å². The predicted octanol–water partition coefficient (Wildman–Crippen LogP) is -16.3. The fourth-order valence-corrected chi connectivity index (χ4v) is 1.08. The fraction of sp³-hybridized carbons (Fsp3) is 0.750. The number of carbonyl (C=O) groups is 3. The second-order valence-corrected chi connectivity index (χ2v) is 4.19. The molecule has 0 aliphatic carbocycles. The molecule has 0 spiro atoms. The fourth-order valence-electron chi connectivity index (χ4n) is 1.08. The molecule has 0 saturated carbocycles. The Morgan fingerprint density at radius 1 is 0.821 bits per heavy atom. The molecule has 152 valence electrons. The van der Waals surface area contributed by atoms with Crippen molar-refractivity contribution in [3.05, 3.63) is 0 Å². The van der Waals surface area contributed by atoms with Gasteiger partial charge in [0.05, 0.1) is 6.61 Å². The minimum Gasteiger partial charge on any atom is -1.00 e. The minimum absolute atomic E-state index is 0. The van der Waals surface area contributed by atoms with Crippen LogP contribution in [0.5, 0.6) is 0 Å². The summed E-state index contributed by atoms with van der Waals surface area (Å²) in [6.45, 7) is 2.39. The molecule has 1 fully saturated rings. The van der Waals surface area contributed by atoms with Gasteiger partial charge in [-0.2, -0.15) is 0 Å². The van der Waals surface area contributed by atoms with Gasteiger partial charge in [-0.05, 0) is 20.8 Å². The molecule has 1 heterocycles. The van der Waals surface area contributed by atoms with E-state index in [0.717, 1.165) is 20.8 Å². The Morgan fingerprint density at radius 3 is 1.29 bits per heavy atom. The zero-order valence-electron chi connectivity index (χ0n) is 16.3. The summed E-state index contributed by atoms with van der Waals surface area (Å²) >= 11 is 0. The molecule has 0 aromatic heterocycles. The Kier molecular flexibility index (Phi) is 49.1. The molecular formula is C12H21ClKMgNaO12. The van der Waals surface area contributed by atoms with Crippen LogP contribution < -0.4 is 109 Å². The van der Waals surface area contributed by atoms with Gasteiger partial charge in [0.15, 0.2) is 6.29 Å². The number of halogens is 1. The van der Waals surface area contributed by atoms with E-state index in [9.17, 15) is 0 Å². The number of carboxylic acid groups (broad SMARTS) is 3. The van der Waals surface area contributed by atoms with Crippen LogP contribution >= 0.6 is 0 Å². The first-order valence-corrected chi connectivity index (χ1v) is 6.29. The number of aliphatic hydroxyl groups excluding tert-OH is 5. The van der Waals surface area contributed by atoms with Gasteiger partial charge in [-0.1, -0.05) is 0 Å². The van der Waals surface area contributed by atoms with Crippen LogP contribution in [-0.4, -0.2) is 104 Å². The van der Waals surface area contributed by atoms with Crippen LogP contribution in [0.4, 0.5) is 0 Å². The van der Waals surface area contributed by atoms with Crippen molar-refractivity contribution in [2.75, 3.05) is 6.61 Å². The molecule has 5 N–H and O–H groups in total. The van der Waals surface area contributed by atoms with E-state index in [1.807, 2.05) is 0 Å². The Balaban J connectivity index is -0.0000000472. The van der Waals surface area contributed by atoms with Gasteiger partial charge in [-0.25, -0.2) is 0 Å². The van der Waals surface area contributed by atoms with Gasteiger partial charge in [0.1, 0.15) is 24.4 Å². The molecule has 12 nitrogen and oxygen atoms in total. The average molecular weight is 479 g/mol. The van der Waals surface area contributed by atoms with Gasteiger partial charge in [0.25, 0.3) is 0 Å². The molecule has 16 heteroatoms. The van der Waals surface area contributed by atoms with Gasteiger partial charge in [-0.15, -0.1) is 0 Å². The first kappa shape index (κ1) is 47.6. The SMILES string of the molecule is CC(=O)[O-].CC(=O)[O-].CC(=O)[O-].OC[C@H]1OC(O)[C@H](O)[C@@H](O)[C@@H]1O.[Cl-].[K+].[Mg+2].[Na+]. The van der Waals surface area contributed by atoms with Crippen LogP contribution in [-0.2, 0) is 19.1 Å². The zero-order chi connectivity index (χ0) is 20.0. The summed E-state index contributed by atoms with van der Waals surface area (Å²) in [5.41, 5.74) is 0. The van der Waals surface area contributed by atoms with Crippen molar-refractivity contribution >= 4 is 41.0 Å². The molecule has 1 aliphatic heterocycles. The van der Waals surface area contributed by atoms with Crippen molar-refractivity contribution in [2.45, 2.75) is 51.5 Å². The van der Waals surface area contributed by atoms with Gasteiger partial charge < -0.3 is 72.4 Å². The number of hydrogen-bond donors (Lipinski definition) is 5. The predicted molar refractivity (Wildman–Crippen MR) is 73.8 cm³/mol. The number of carbonyl (C=O) groups excluding carboxylic acids is 3. The third-order valence-corrected chi connectivity index (χ3v) is 1.87. The summed E-state index contributed by atoms with van der Waals surface area (Å²) in [5, 5.41) is 71.3. The van der Waals surface area contributed by atoms with Gasteiger partial charge >= 0.3 is 104 Å². The summed E-state index contributed by atoms with van der Waals surface area (Å²) in [4.78, 5) is 26.7. The van der Waals surface area contributed by atoms with Crippen molar-refractivity contribution in [2.24, 2.45) is 0 Å². The molecule has 1 unspecified atom stereocenters. The van der Waals surface area contributed by atoms with E-state index in [4.69, 9.17) is 55.2 Å². The molecule has 0 aromatic carbocycles. The molecule has 1 rings (SSSR count). The molecule has 0 radical (unpaired) electrons. The van der Waals surface area contributed by atoms with Crippen LogP contribution in [0.25, 0.3) is 0 Å². The molecular weight excluding hydrogens is 458 g/mol. The smallest absolute Gasteiger partial charge is 1.00 e. The van der Waals surface area contributed by atoms with Crippen molar-refractivity contribution < 1.29 is 153 Å². The largest absolute Gasteiger partial charge is 2.00 e. The van der Waals surface area contributed by atoms with Gasteiger partial charge in [-0.3, -0.25) is 0 Å². The zero-order valence-corrected chi connectivity index (χ0v) is 23.6. The van der Waals surface area contributed by atoms with Crippen LogP contribution in [0.15, 0.2) is 0 Å².